The van der Waals surface area contributed by atoms with E-state index in [2.05, 4.69) is 42.0 Å². The van der Waals surface area contributed by atoms with Crippen molar-refractivity contribution in [3.8, 4) is 0 Å². The number of aromatic amines is 1. The molecule has 0 spiro atoms. The summed E-state index contributed by atoms with van der Waals surface area (Å²) in [6, 6.07) is 6.30. The van der Waals surface area contributed by atoms with Crippen LogP contribution in [0.2, 0.25) is 0 Å². The fourth-order valence-corrected chi connectivity index (χ4v) is 2.00. The Balaban J connectivity index is 2.15. The van der Waals surface area contributed by atoms with Crippen molar-refractivity contribution in [2.45, 2.75) is 33.3 Å². The lowest BCUT2D eigenvalue weighted by molar-refractivity contribution is 0.174. The normalized spacial score (nSPS) is 12.7. The minimum atomic E-state index is -0.516. The van der Waals surface area contributed by atoms with Gasteiger partial charge >= 0.3 is 0 Å². The molecule has 0 bridgehead atoms. The number of aryl methyl sites for hydroxylation is 3. The summed E-state index contributed by atoms with van der Waals surface area (Å²) in [6.45, 7) is 6.03. The third-order valence-corrected chi connectivity index (χ3v) is 2.99. The molecule has 0 aliphatic carbocycles. The molecule has 3 nitrogen and oxygen atoms in total. The second-order valence-electron chi connectivity index (χ2n) is 4.57. The quantitative estimate of drug-likeness (QED) is 0.851. The Kier molecular flexibility index (Phi) is 3.29. The summed E-state index contributed by atoms with van der Waals surface area (Å²) in [4.78, 5) is 7.17. The Morgan fingerprint density at radius 1 is 1.29 bits per heavy atom. The molecule has 1 atom stereocenters. The number of aliphatic hydroxyl groups is 1. The van der Waals surface area contributed by atoms with Crippen LogP contribution in [-0.4, -0.2) is 15.1 Å². The van der Waals surface area contributed by atoms with Crippen LogP contribution in [0.5, 0.6) is 0 Å². The summed E-state index contributed by atoms with van der Waals surface area (Å²) >= 11 is 0. The van der Waals surface area contributed by atoms with Crippen LogP contribution in [0.1, 0.15) is 34.3 Å². The van der Waals surface area contributed by atoms with Crippen LogP contribution in [0.4, 0.5) is 0 Å². The molecule has 0 aliphatic heterocycles. The van der Waals surface area contributed by atoms with Gasteiger partial charge in [-0.1, -0.05) is 23.8 Å². The van der Waals surface area contributed by atoms with E-state index in [4.69, 9.17) is 0 Å². The molecule has 1 heterocycles. The predicted octanol–water partition coefficient (Wildman–Crippen LogP) is 2.61. The molecule has 1 aromatic heterocycles. The molecule has 2 rings (SSSR count). The van der Waals surface area contributed by atoms with Crippen LogP contribution in [0.25, 0.3) is 0 Å². The smallest absolute Gasteiger partial charge is 0.103 e. The van der Waals surface area contributed by atoms with Gasteiger partial charge in [0.05, 0.1) is 18.0 Å². The SMILES string of the molecule is Cc1ccc(CC(O)c2cnc(C)[nH]2)c(C)c1. The first kappa shape index (κ1) is 11.9. The van der Waals surface area contributed by atoms with Crippen LogP contribution >= 0.6 is 0 Å². The predicted molar refractivity (Wildman–Crippen MR) is 67.9 cm³/mol. The largest absolute Gasteiger partial charge is 0.386 e. The summed E-state index contributed by atoms with van der Waals surface area (Å²) in [5.74, 6) is 0.833. The number of benzene rings is 1. The van der Waals surface area contributed by atoms with Crippen molar-refractivity contribution in [2.75, 3.05) is 0 Å². The Hall–Kier alpha value is -1.61. The number of aliphatic hydroxyl groups excluding tert-OH is 1. The lowest BCUT2D eigenvalue weighted by atomic mass is 9.99. The molecular weight excluding hydrogens is 212 g/mol. The third kappa shape index (κ3) is 2.74. The van der Waals surface area contributed by atoms with E-state index in [1.54, 1.807) is 6.20 Å². The van der Waals surface area contributed by atoms with Gasteiger partial charge in [-0.25, -0.2) is 4.98 Å². The highest BCUT2D eigenvalue weighted by Gasteiger charge is 2.12. The lowest BCUT2D eigenvalue weighted by Gasteiger charge is -2.11. The lowest BCUT2D eigenvalue weighted by Crippen LogP contribution is -2.03. The molecule has 0 saturated carbocycles. The van der Waals surface area contributed by atoms with Gasteiger partial charge in [-0.05, 0) is 31.9 Å². The van der Waals surface area contributed by atoms with Crippen molar-refractivity contribution in [1.29, 1.82) is 0 Å². The van der Waals surface area contributed by atoms with Gasteiger partial charge in [0.15, 0.2) is 0 Å². The highest BCUT2D eigenvalue weighted by atomic mass is 16.3. The first-order chi connectivity index (χ1) is 8.06. The van der Waals surface area contributed by atoms with Crippen molar-refractivity contribution in [1.82, 2.24) is 9.97 Å². The van der Waals surface area contributed by atoms with Crippen molar-refractivity contribution in [3.05, 3.63) is 52.6 Å². The standard InChI is InChI=1S/C14H18N2O/c1-9-4-5-12(10(2)6-9)7-14(17)13-8-15-11(3)16-13/h4-6,8,14,17H,7H2,1-3H3,(H,15,16). The average Bonchev–Trinajstić information content (AvgIpc) is 2.69. The molecule has 1 unspecified atom stereocenters. The number of nitrogens with one attached hydrogen (secondary N) is 1. The Morgan fingerprint density at radius 3 is 2.65 bits per heavy atom. The monoisotopic (exact) mass is 230 g/mol. The maximum absolute atomic E-state index is 10.1. The van der Waals surface area contributed by atoms with Crippen LogP contribution in [-0.2, 0) is 6.42 Å². The van der Waals surface area contributed by atoms with Crippen molar-refractivity contribution < 1.29 is 5.11 Å². The molecule has 0 fully saturated rings. The van der Waals surface area contributed by atoms with E-state index in [1.807, 2.05) is 6.92 Å². The van der Waals surface area contributed by atoms with E-state index in [1.165, 1.54) is 16.7 Å². The minimum Gasteiger partial charge on any atom is -0.386 e. The molecule has 1 aromatic carbocycles. The van der Waals surface area contributed by atoms with Gasteiger partial charge in [0, 0.05) is 6.42 Å². The van der Waals surface area contributed by atoms with Crippen molar-refractivity contribution in [3.63, 3.8) is 0 Å². The molecular formula is C14H18N2O. The summed E-state index contributed by atoms with van der Waals surface area (Å²) < 4.78 is 0. The number of rotatable bonds is 3. The fraction of sp³-hybridized carbons (Fsp3) is 0.357. The molecule has 17 heavy (non-hydrogen) atoms. The molecule has 3 heteroatoms. The van der Waals surface area contributed by atoms with Crippen LogP contribution in [0.3, 0.4) is 0 Å². The van der Waals surface area contributed by atoms with Gasteiger partial charge in [-0.2, -0.15) is 0 Å². The van der Waals surface area contributed by atoms with E-state index in [0.29, 0.717) is 6.42 Å². The maximum atomic E-state index is 10.1. The van der Waals surface area contributed by atoms with E-state index < -0.39 is 6.10 Å². The Morgan fingerprint density at radius 2 is 2.06 bits per heavy atom. The molecule has 0 saturated heterocycles. The maximum Gasteiger partial charge on any atom is 0.103 e. The van der Waals surface area contributed by atoms with E-state index >= 15 is 0 Å². The number of hydrogen-bond acceptors (Lipinski definition) is 2. The Bertz CT molecular complexity index is 517. The average molecular weight is 230 g/mol. The molecule has 0 amide bonds. The highest BCUT2D eigenvalue weighted by molar-refractivity contribution is 5.31. The first-order valence-electron chi connectivity index (χ1n) is 5.82. The Labute approximate surface area is 102 Å². The summed E-state index contributed by atoms with van der Waals surface area (Å²) in [5, 5.41) is 10.1. The van der Waals surface area contributed by atoms with Crippen molar-refractivity contribution in [2.24, 2.45) is 0 Å². The third-order valence-electron chi connectivity index (χ3n) is 2.99. The number of imidazole rings is 1. The van der Waals surface area contributed by atoms with Gasteiger partial charge < -0.3 is 10.1 Å². The summed E-state index contributed by atoms with van der Waals surface area (Å²) in [7, 11) is 0. The zero-order chi connectivity index (χ0) is 12.4. The number of hydrogen-bond donors (Lipinski definition) is 2. The van der Waals surface area contributed by atoms with Gasteiger partial charge in [0.25, 0.3) is 0 Å². The van der Waals surface area contributed by atoms with Crippen LogP contribution < -0.4 is 0 Å². The molecule has 0 radical (unpaired) electrons. The first-order valence-corrected chi connectivity index (χ1v) is 5.82. The van der Waals surface area contributed by atoms with Crippen LogP contribution in [0, 0.1) is 20.8 Å². The van der Waals surface area contributed by atoms with Gasteiger partial charge in [0.2, 0.25) is 0 Å². The topological polar surface area (TPSA) is 48.9 Å². The van der Waals surface area contributed by atoms with E-state index in [9.17, 15) is 5.11 Å². The molecule has 2 aromatic rings. The summed E-state index contributed by atoms with van der Waals surface area (Å²) in [6.07, 6.45) is 1.80. The highest BCUT2D eigenvalue weighted by Crippen LogP contribution is 2.19. The second-order valence-corrected chi connectivity index (χ2v) is 4.57. The number of nitrogens with zero attached hydrogens (tertiary/aromatic N) is 1. The minimum absolute atomic E-state index is 0.516. The molecule has 90 valence electrons. The van der Waals surface area contributed by atoms with Gasteiger partial charge in [-0.3, -0.25) is 0 Å². The van der Waals surface area contributed by atoms with Crippen molar-refractivity contribution >= 4 is 0 Å². The molecule has 0 aliphatic rings. The zero-order valence-electron chi connectivity index (χ0n) is 10.5. The van der Waals surface area contributed by atoms with Crippen LogP contribution in [0.15, 0.2) is 24.4 Å². The van der Waals surface area contributed by atoms with E-state index in [0.717, 1.165) is 11.5 Å². The second kappa shape index (κ2) is 4.72. The fourth-order valence-electron chi connectivity index (χ4n) is 2.00. The van der Waals surface area contributed by atoms with Gasteiger partial charge in [-0.15, -0.1) is 0 Å². The molecule has 2 N–H and O–H groups in total. The van der Waals surface area contributed by atoms with Gasteiger partial charge in [0.1, 0.15) is 5.82 Å². The number of aromatic nitrogens is 2. The van der Waals surface area contributed by atoms with E-state index in [-0.39, 0.29) is 0 Å². The number of H-pyrrole nitrogens is 1. The summed E-state index contributed by atoms with van der Waals surface area (Å²) in [5.41, 5.74) is 4.43. The zero-order valence-corrected chi connectivity index (χ0v) is 10.5.